The summed E-state index contributed by atoms with van der Waals surface area (Å²) in [5.41, 5.74) is 2.28. The van der Waals surface area contributed by atoms with Gasteiger partial charge in [0.25, 0.3) is 0 Å². The third-order valence-electron chi connectivity index (χ3n) is 4.30. The van der Waals surface area contributed by atoms with E-state index in [-0.39, 0.29) is 18.6 Å². The molecule has 1 unspecified atom stereocenters. The monoisotopic (exact) mass is 290 g/mol. The Morgan fingerprint density at radius 1 is 1.29 bits per heavy atom. The van der Waals surface area contributed by atoms with Crippen LogP contribution >= 0.6 is 0 Å². The molecule has 1 aromatic rings. The average Bonchev–Trinajstić information content (AvgIpc) is 2.49. The van der Waals surface area contributed by atoms with Crippen molar-refractivity contribution in [2.24, 2.45) is 0 Å². The van der Waals surface area contributed by atoms with E-state index in [0.29, 0.717) is 6.42 Å². The molecule has 4 nitrogen and oxygen atoms in total. The summed E-state index contributed by atoms with van der Waals surface area (Å²) in [6.07, 6.45) is 1.44. The van der Waals surface area contributed by atoms with Crippen LogP contribution in [-0.2, 0) is 11.2 Å². The molecule has 0 aliphatic carbocycles. The Morgan fingerprint density at radius 2 is 2.00 bits per heavy atom. The van der Waals surface area contributed by atoms with Crippen molar-refractivity contribution in [3.63, 3.8) is 0 Å². The van der Waals surface area contributed by atoms with E-state index in [9.17, 15) is 9.90 Å². The zero-order valence-corrected chi connectivity index (χ0v) is 13.1. The minimum atomic E-state index is 0.202. The number of aliphatic hydroxyl groups excluding tert-OH is 1. The maximum Gasteiger partial charge on any atom is 0.227 e. The number of nitrogens with zero attached hydrogens (tertiary/aromatic N) is 2. The van der Waals surface area contributed by atoms with Crippen molar-refractivity contribution in [1.82, 2.24) is 9.80 Å². The maximum atomic E-state index is 12.4. The molecule has 1 saturated heterocycles. The van der Waals surface area contributed by atoms with Crippen LogP contribution in [-0.4, -0.2) is 59.6 Å². The molecule has 21 heavy (non-hydrogen) atoms. The summed E-state index contributed by atoms with van der Waals surface area (Å²) in [7, 11) is 0. The molecule has 1 atom stereocenters. The number of hydrogen-bond acceptors (Lipinski definition) is 3. The first-order chi connectivity index (χ1) is 10.1. The summed E-state index contributed by atoms with van der Waals surface area (Å²) in [4.78, 5) is 16.6. The van der Waals surface area contributed by atoms with Crippen molar-refractivity contribution in [2.75, 3.05) is 32.8 Å². The van der Waals surface area contributed by atoms with E-state index >= 15 is 0 Å². The predicted molar refractivity (Wildman–Crippen MR) is 84.2 cm³/mol. The number of amides is 1. The van der Waals surface area contributed by atoms with Crippen LogP contribution in [0.1, 0.15) is 24.5 Å². The van der Waals surface area contributed by atoms with Gasteiger partial charge in [-0.25, -0.2) is 0 Å². The Hall–Kier alpha value is -1.39. The minimum absolute atomic E-state index is 0.202. The topological polar surface area (TPSA) is 43.8 Å². The molecule has 0 saturated carbocycles. The van der Waals surface area contributed by atoms with Crippen LogP contribution in [0.5, 0.6) is 0 Å². The van der Waals surface area contributed by atoms with Crippen LogP contribution in [0.15, 0.2) is 24.3 Å². The van der Waals surface area contributed by atoms with E-state index in [1.165, 1.54) is 5.56 Å². The first-order valence-electron chi connectivity index (χ1n) is 7.82. The molecule has 0 radical (unpaired) electrons. The normalized spacial score (nSPS) is 17.8. The standard InChI is InChI=1S/C17H26N2O2/c1-3-16(13-20)18-7-9-19(10-8-18)17(21)12-15-6-4-5-14(2)11-15/h4-6,11,16,20H,3,7-10,12-13H2,1-2H3. The van der Waals surface area contributed by atoms with Crippen molar-refractivity contribution >= 4 is 5.91 Å². The lowest BCUT2D eigenvalue weighted by atomic mass is 10.1. The Bertz CT molecular complexity index is 464. The van der Waals surface area contributed by atoms with Crippen molar-refractivity contribution in [3.8, 4) is 0 Å². The first-order valence-corrected chi connectivity index (χ1v) is 7.82. The SMILES string of the molecule is CCC(CO)N1CCN(C(=O)Cc2cccc(C)c2)CC1. The summed E-state index contributed by atoms with van der Waals surface area (Å²) >= 11 is 0. The number of hydrogen-bond donors (Lipinski definition) is 1. The highest BCUT2D eigenvalue weighted by atomic mass is 16.3. The second kappa shape index (κ2) is 7.57. The van der Waals surface area contributed by atoms with Gasteiger partial charge < -0.3 is 10.0 Å². The van der Waals surface area contributed by atoms with E-state index in [0.717, 1.165) is 38.2 Å². The molecule has 1 N–H and O–H groups in total. The van der Waals surface area contributed by atoms with Crippen molar-refractivity contribution in [3.05, 3.63) is 35.4 Å². The summed E-state index contributed by atoms with van der Waals surface area (Å²) in [5, 5.41) is 9.35. The van der Waals surface area contributed by atoms with Crippen molar-refractivity contribution in [2.45, 2.75) is 32.7 Å². The number of aryl methyl sites for hydroxylation is 1. The molecular formula is C17H26N2O2. The van der Waals surface area contributed by atoms with Gasteiger partial charge in [-0.2, -0.15) is 0 Å². The van der Waals surface area contributed by atoms with Crippen LogP contribution in [0.4, 0.5) is 0 Å². The zero-order valence-electron chi connectivity index (χ0n) is 13.1. The minimum Gasteiger partial charge on any atom is -0.395 e. The van der Waals surface area contributed by atoms with Gasteiger partial charge in [0.2, 0.25) is 5.91 Å². The van der Waals surface area contributed by atoms with E-state index in [1.807, 2.05) is 30.0 Å². The van der Waals surface area contributed by atoms with Gasteiger partial charge in [-0.3, -0.25) is 9.69 Å². The van der Waals surface area contributed by atoms with Crippen LogP contribution in [0, 0.1) is 6.92 Å². The fourth-order valence-electron chi connectivity index (χ4n) is 2.95. The molecule has 116 valence electrons. The van der Waals surface area contributed by atoms with Crippen molar-refractivity contribution in [1.29, 1.82) is 0 Å². The van der Waals surface area contributed by atoms with E-state index in [1.54, 1.807) is 0 Å². The fraction of sp³-hybridized carbons (Fsp3) is 0.588. The van der Waals surface area contributed by atoms with Crippen LogP contribution in [0.3, 0.4) is 0 Å². The molecule has 0 aromatic heterocycles. The molecule has 4 heteroatoms. The predicted octanol–water partition coefficient (Wildman–Crippen LogP) is 1.45. The van der Waals surface area contributed by atoms with Crippen molar-refractivity contribution < 1.29 is 9.90 Å². The average molecular weight is 290 g/mol. The first kappa shape index (κ1) is 16.0. The highest BCUT2D eigenvalue weighted by Gasteiger charge is 2.24. The fourth-order valence-corrected chi connectivity index (χ4v) is 2.95. The lowest BCUT2D eigenvalue weighted by molar-refractivity contribution is -0.132. The maximum absolute atomic E-state index is 12.4. The molecule has 1 aromatic carbocycles. The molecule has 1 aliphatic rings. The Balaban J connectivity index is 1.86. The van der Waals surface area contributed by atoms with E-state index in [4.69, 9.17) is 0 Å². The van der Waals surface area contributed by atoms with Gasteiger partial charge in [-0.15, -0.1) is 0 Å². The molecule has 1 fully saturated rings. The van der Waals surface area contributed by atoms with Crippen LogP contribution < -0.4 is 0 Å². The Labute approximate surface area is 127 Å². The second-order valence-electron chi connectivity index (χ2n) is 5.83. The lowest BCUT2D eigenvalue weighted by Crippen LogP contribution is -2.53. The zero-order chi connectivity index (χ0) is 15.2. The molecule has 1 heterocycles. The lowest BCUT2D eigenvalue weighted by Gasteiger charge is -2.38. The number of carbonyl (C=O) groups excluding carboxylic acids is 1. The summed E-state index contributed by atoms with van der Waals surface area (Å²) in [6, 6.07) is 8.38. The molecule has 2 rings (SSSR count). The number of rotatable bonds is 5. The van der Waals surface area contributed by atoms with E-state index in [2.05, 4.69) is 17.9 Å². The Morgan fingerprint density at radius 3 is 2.57 bits per heavy atom. The van der Waals surface area contributed by atoms with Gasteiger partial charge in [0, 0.05) is 32.2 Å². The third-order valence-corrected chi connectivity index (χ3v) is 4.30. The molecule has 0 spiro atoms. The van der Waals surface area contributed by atoms with Gasteiger partial charge in [-0.05, 0) is 18.9 Å². The van der Waals surface area contributed by atoms with Gasteiger partial charge in [0.1, 0.15) is 0 Å². The molecular weight excluding hydrogens is 264 g/mol. The van der Waals surface area contributed by atoms with Gasteiger partial charge >= 0.3 is 0 Å². The number of piperazine rings is 1. The van der Waals surface area contributed by atoms with Crippen LogP contribution in [0.25, 0.3) is 0 Å². The summed E-state index contributed by atoms with van der Waals surface area (Å²) < 4.78 is 0. The highest BCUT2D eigenvalue weighted by molar-refractivity contribution is 5.78. The summed E-state index contributed by atoms with van der Waals surface area (Å²) in [6.45, 7) is 7.59. The van der Waals surface area contributed by atoms with Gasteiger partial charge in [-0.1, -0.05) is 36.8 Å². The largest absolute Gasteiger partial charge is 0.395 e. The second-order valence-corrected chi connectivity index (χ2v) is 5.83. The number of benzene rings is 1. The molecule has 1 amide bonds. The molecule has 1 aliphatic heterocycles. The smallest absolute Gasteiger partial charge is 0.227 e. The Kier molecular flexibility index (Phi) is 5.76. The van der Waals surface area contributed by atoms with Gasteiger partial charge in [0.05, 0.1) is 13.0 Å². The number of aliphatic hydroxyl groups is 1. The quantitative estimate of drug-likeness (QED) is 0.893. The van der Waals surface area contributed by atoms with Crippen LogP contribution in [0.2, 0.25) is 0 Å². The number of carbonyl (C=O) groups is 1. The third kappa shape index (κ3) is 4.29. The molecule has 0 bridgehead atoms. The highest BCUT2D eigenvalue weighted by Crippen LogP contribution is 2.11. The van der Waals surface area contributed by atoms with E-state index < -0.39 is 0 Å². The van der Waals surface area contributed by atoms with Gasteiger partial charge in [0.15, 0.2) is 0 Å². The summed E-state index contributed by atoms with van der Waals surface area (Å²) in [5.74, 6) is 0.206.